The number of hydrogen-bond acceptors (Lipinski definition) is 9. The van der Waals surface area contributed by atoms with E-state index in [0.29, 0.717) is 40.5 Å². The van der Waals surface area contributed by atoms with Crippen LogP contribution in [0.25, 0.3) is 22.6 Å². The van der Waals surface area contributed by atoms with Gasteiger partial charge in [0.15, 0.2) is 6.61 Å². The third-order valence-corrected chi connectivity index (χ3v) is 6.32. The minimum absolute atomic E-state index is 0.0700. The standard InChI is InChI=1S/C31H28N8O3/c1-3-29(41-2)25-14-8-11-23(33-25)18-39-19-28(37-38-39)27-16-26(22-10-7-9-21(15-22)17-32)34-31(35-27)36-30(40)20-42-24-12-5-4-6-13-24/h4-16,19,29H,3,18,20H2,1-2H3,(H,34,35,36,40). The Bertz CT molecular complexity index is 1710. The number of amides is 1. The van der Waals surface area contributed by atoms with Crippen molar-refractivity contribution >= 4 is 11.9 Å². The predicted octanol–water partition coefficient (Wildman–Crippen LogP) is 4.83. The van der Waals surface area contributed by atoms with Crippen molar-refractivity contribution in [1.82, 2.24) is 29.9 Å². The van der Waals surface area contributed by atoms with E-state index in [-0.39, 0.29) is 18.7 Å². The van der Waals surface area contributed by atoms with Gasteiger partial charge < -0.3 is 9.47 Å². The highest BCUT2D eigenvalue weighted by atomic mass is 16.5. The van der Waals surface area contributed by atoms with Crippen LogP contribution < -0.4 is 10.1 Å². The van der Waals surface area contributed by atoms with Crippen molar-refractivity contribution in [2.45, 2.75) is 26.0 Å². The highest BCUT2D eigenvalue weighted by molar-refractivity contribution is 5.90. The van der Waals surface area contributed by atoms with Crippen LogP contribution in [0.1, 0.15) is 36.4 Å². The highest BCUT2D eigenvalue weighted by Gasteiger charge is 2.15. The molecular formula is C31H28N8O3. The number of nitrogens with one attached hydrogen (secondary N) is 1. The molecule has 0 spiro atoms. The molecule has 5 aromatic rings. The maximum absolute atomic E-state index is 12.7. The monoisotopic (exact) mass is 560 g/mol. The van der Waals surface area contributed by atoms with Gasteiger partial charge in [-0.25, -0.2) is 14.6 Å². The van der Waals surface area contributed by atoms with Gasteiger partial charge in [-0.1, -0.05) is 48.5 Å². The molecule has 42 heavy (non-hydrogen) atoms. The third-order valence-electron chi connectivity index (χ3n) is 6.32. The number of pyridine rings is 1. The topological polar surface area (TPSA) is 141 Å². The van der Waals surface area contributed by atoms with Crippen molar-refractivity contribution in [3.8, 4) is 34.5 Å². The van der Waals surface area contributed by atoms with Crippen LogP contribution in [0, 0.1) is 11.3 Å². The second-order valence-electron chi connectivity index (χ2n) is 9.29. The number of ether oxygens (including phenoxy) is 2. The van der Waals surface area contributed by atoms with Gasteiger partial charge >= 0.3 is 0 Å². The molecule has 1 N–H and O–H groups in total. The summed E-state index contributed by atoms with van der Waals surface area (Å²) in [5, 5.41) is 20.7. The molecule has 1 atom stereocenters. The van der Waals surface area contributed by atoms with Crippen molar-refractivity contribution < 1.29 is 14.3 Å². The minimum Gasteiger partial charge on any atom is -0.484 e. The molecule has 0 fully saturated rings. The molecule has 11 nitrogen and oxygen atoms in total. The third kappa shape index (κ3) is 6.99. The Morgan fingerprint density at radius 1 is 0.976 bits per heavy atom. The van der Waals surface area contributed by atoms with Gasteiger partial charge in [-0.2, -0.15) is 5.26 Å². The normalized spacial score (nSPS) is 11.5. The van der Waals surface area contributed by atoms with Crippen molar-refractivity contribution in [2.24, 2.45) is 0 Å². The predicted molar refractivity (Wildman–Crippen MR) is 155 cm³/mol. The van der Waals surface area contributed by atoms with E-state index in [4.69, 9.17) is 14.5 Å². The smallest absolute Gasteiger partial charge is 0.264 e. The fourth-order valence-corrected chi connectivity index (χ4v) is 4.28. The second kappa shape index (κ2) is 13.3. The zero-order valence-electron chi connectivity index (χ0n) is 23.1. The van der Waals surface area contributed by atoms with E-state index < -0.39 is 5.91 Å². The molecule has 0 aliphatic carbocycles. The van der Waals surface area contributed by atoms with Crippen LogP contribution >= 0.6 is 0 Å². The SMILES string of the molecule is CCC(OC)c1cccc(Cn2cc(-c3cc(-c4cccc(C#N)c4)nc(NC(=O)COc4ccccc4)n3)nn2)n1. The van der Waals surface area contributed by atoms with Crippen LogP contribution in [-0.4, -0.2) is 49.6 Å². The Labute approximate surface area is 242 Å². The Hall–Kier alpha value is -5.47. The average molecular weight is 561 g/mol. The van der Waals surface area contributed by atoms with E-state index in [1.54, 1.807) is 54.4 Å². The largest absolute Gasteiger partial charge is 0.484 e. The number of carbonyl (C=O) groups is 1. The molecule has 0 saturated heterocycles. The average Bonchev–Trinajstić information content (AvgIpc) is 3.50. The zero-order valence-corrected chi connectivity index (χ0v) is 23.1. The van der Waals surface area contributed by atoms with Crippen LogP contribution in [-0.2, 0) is 16.1 Å². The quantitative estimate of drug-likeness (QED) is 0.240. The first-order valence-corrected chi connectivity index (χ1v) is 13.3. The number of nitrogens with zero attached hydrogens (tertiary/aromatic N) is 7. The van der Waals surface area contributed by atoms with E-state index in [1.807, 2.05) is 49.4 Å². The van der Waals surface area contributed by atoms with E-state index in [2.05, 4.69) is 31.7 Å². The van der Waals surface area contributed by atoms with Gasteiger partial charge in [0.1, 0.15) is 11.4 Å². The maximum atomic E-state index is 12.7. The first-order chi connectivity index (χ1) is 20.5. The fourth-order valence-electron chi connectivity index (χ4n) is 4.28. The molecule has 2 aromatic carbocycles. The number of hydrogen-bond donors (Lipinski definition) is 1. The van der Waals surface area contributed by atoms with Crippen molar-refractivity contribution in [1.29, 1.82) is 5.26 Å². The lowest BCUT2D eigenvalue weighted by atomic mass is 10.1. The number of anilines is 1. The van der Waals surface area contributed by atoms with Gasteiger partial charge in [0, 0.05) is 12.7 Å². The van der Waals surface area contributed by atoms with Crippen LogP contribution in [0.5, 0.6) is 5.75 Å². The zero-order chi connectivity index (χ0) is 29.3. The second-order valence-corrected chi connectivity index (χ2v) is 9.29. The lowest BCUT2D eigenvalue weighted by Crippen LogP contribution is -2.21. The Morgan fingerprint density at radius 3 is 2.57 bits per heavy atom. The summed E-state index contributed by atoms with van der Waals surface area (Å²) in [6.07, 6.45) is 2.48. The van der Waals surface area contributed by atoms with Gasteiger partial charge in [0.05, 0.1) is 53.3 Å². The molecule has 1 unspecified atom stereocenters. The number of benzene rings is 2. The van der Waals surface area contributed by atoms with Crippen LogP contribution in [0.15, 0.2) is 85.1 Å². The number of carbonyl (C=O) groups excluding carboxylic acids is 1. The summed E-state index contributed by atoms with van der Waals surface area (Å²) in [7, 11) is 1.67. The lowest BCUT2D eigenvalue weighted by molar-refractivity contribution is -0.118. The van der Waals surface area contributed by atoms with E-state index >= 15 is 0 Å². The molecule has 5 rings (SSSR count). The Kier molecular flexibility index (Phi) is 8.86. The van der Waals surface area contributed by atoms with Crippen LogP contribution in [0.4, 0.5) is 5.95 Å². The summed E-state index contributed by atoms with van der Waals surface area (Å²) in [6, 6.07) is 25.7. The summed E-state index contributed by atoms with van der Waals surface area (Å²) >= 11 is 0. The summed E-state index contributed by atoms with van der Waals surface area (Å²) in [5.74, 6) is 0.213. The number of para-hydroxylation sites is 1. The van der Waals surface area contributed by atoms with Gasteiger partial charge in [-0.3, -0.25) is 15.1 Å². The van der Waals surface area contributed by atoms with E-state index in [1.165, 1.54) is 0 Å². The number of aromatic nitrogens is 6. The number of rotatable bonds is 11. The molecule has 0 aliphatic heterocycles. The molecule has 3 aromatic heterocycles. The van der Waals surface area contributed by atoms with Crippen LogP contribution in [0.2, 0.25) is 0 Å². The summed E-state index contributed by atoms with van der Waals surface area (Å²) in [6.45, 7) is 2.22. The first-order valence-electron chi connectivity index (χ1n) is 13.3. The summed E-state index contributed by atoms with van der Waals surface area (Å²) in [4.78, 5) is 26.5. The molecule has 0 radical (unpaired) electrons. The number of methoxy groups -OCH3 is 1. The summed E-state index contributed by atoms with van der Waals surface area (Å²) in [5.41, 5.74) is 4.26. The first kappa shape index (κ1) is 28.1. The molecule has 3 heterocycles. The molecule has 0 saturated carbocycles. The molecule has 0 aliphatic rings. The molecule has 11 heteroatoms. The molecule has 210 valence electrons. The van der Waals surface area contributed by atoms with E-state index in [9.17, 15) is 10.1 Å². The van der Waals surface area contributed by atoms with E-state index in [0.717, 1.165) is 17.8 Å². The molecular weight excluding hydrogens is 532 g/mol. The van der Waals surface area contributed by atoms with Gasteiger partial charge in [0.25, 0.3) is 5.91 Å². The highest BCUT2D eigenvalue weighted by Crippen LogP contribution is 2.25. The molecule has 1 amide bonds. The van der Waals surface area contributed by atoms with Crippen molar-refractivity contribution in [3.63, 3.8) is 0 Å². The van der Waals surface area contributed by atoms with Crippen molar-refractivity contribution in [2.75, 3.05) is 19.0 Å². The maximum Gasteiger partial charge on any atom is 0.264 e. The van der Waals surface area contributed by atoms with Crippen LogP contribution in [0.3, 0.4) is 0 Å². The minimum atomic E-state index is -0.427. The summed E-state index contributed by atoms with van der Waals surface area (Å²) < 4.78 is 12.7. The molecule has 0 bridgehead atoms. The Balaban J connectivity index is 1.41. The van der Waals surface area contributed by atoms with Gasteiger partial charge in [-0.15, -0.1) is 5.10 Å². The number of nitriles is 1. The fraction of sp³-hybridized carbons (Fsp3) is 0.194. The van der Waals surface area contributed by atoms with Gasteiger partial charge in [0.2, 0.25) is 5.95 Å². The van der Waals surface area contributed by atoms with Gasteiger partial charge in [-0.05, 0) is 48.9 Å². The lowest BCUT2D eigenvalue weighted by Gasteiger charge is -2.13. The van der Waals surface area contributed by atoms with Crippen molar-refractivity contribution in [3.05, 3.63) is 102 Å². The Morgan fingerprint density at radius 2 is 1.79 bits per heavy atom.